The molecule has 0 atom stereocenters. The zero-order valence-electron chi connectivity index (χ0n) is 11.9. The Morgan fingerprint density at radius 2 is 2.11 bits per heavy atom. The molecule has 1 aliphatic carbocycles. The first-order chi connectivity index (χ1) is 9.15. The highest BCUT2D eigenvalue weighted by molar-refractivity contribution is 5.49. The fourth-order valence-electron chi connectivity index (χ4n) is 2.51. The van der Waals surface area contributed by atoms with Crippen LogP contribution in [0.2, 0.25) is 0 Å². The van der Waals surface area contributed by atoms with Crippen molar-refractivity contribution >= 4 is 5.82 Å². The van der Waals surface area contributed by atoms with Gasteiger partial charge in [0.2, 0.25) is 0 Å². The second-order valence-electron chi connectivity index (χ2n) is 5.68. The molecular weight excluding hydrogens is 238 g/mol. The van der Waals surface area contributed by atoms with Crippen molar-refractivity contribution in [3.8, 4) is 5.75 Å². The molecule has 0 spiro atoms. The lowest BCUT2D eigenvalue weighted by Crippen LogP contribution is -2.29. The van der Waals surface area contributed by atoms with E-state index in [-0.39, 0.29) is 6.10 Å². The Kier molecular flexibility index (Phi) is 5.02. The molecule has 106 valence electrons. The molecule has 1 saturated carbocycles. The van der Waals surface area contributed by atoms with Crippen LogP contribution in [0.25, 0.3) is 0 Å². The molecule has 0 amide bonds. The summed E-state index contributed by atoms with van der Waals surface area (Å²) >= 11 is 0. The van der Waals surface area contributed by atoms with Crippen molar-refractivity contribution in [2.24, 2.45) is 11.7 Å². The number of nitrogens with one attached hydrogen (secondary N) is 1. The minimum atomic E-state index is 0.164. The maximum Gasteiger partial charge on any atom is 0.168 e. The zero-order valence-corrected chi connectivity index (χ0v) is 11.9. The Balaban J connectivity index is 1.88. The standard InChI is InChI=1S/C15H25N3O/c1-11(2)19-14-4-3-9-17-15(14)18-10-12-5-7-13(16)8-6-12/h3-4,9,11-13H,5-8,10,16H2,1-2H3,(H,17,18). The summed E-state index contributed by atoms with van der Waals surface area (Å²) in [5.74, 6) is 2.39. The second-order valence-corrected chi connectivity index (χ2v) is 5.68. The molecular formula is C15H25N3O. The highest BCUT2D eigenvalue weighted by atomic mass is 16.5. The van der Waals surface area contributed by atoms with Gasteiger partial charge in [-0.3, -0.25) is 0 Å². The first-order valence-corrected chi connectivity index (χ1v) is 7.26. The average Bonchev–Trinajstić information content (AvgIpc) is 2.39. The van der Waals surface area contributed by atoms with Gasteiger partial charge in [0.1, 0.15) is 0 Å². The first-order valence-electron chi connectivity index (χ1n) is 7.26. The van der Waals surface area contributed by atoms with Crippen LogP contribution in [0.3, 0.4) is 0 Å². The van der Waals surface area contributed by atoms with Crippen molar-refractivity contribution in [3.63, 3.8) is 0 Å². The quantitative estimate of drug-likeness (QED) is 0.857. The molecule has 1 aromatic rings. The Morgan fingerprint density at radius 1 is 1.37 bits per heavy atom. The summed E-state index contributed by atoms with van der Waals surface area (Å²) in [6.07, 6.45) is 6.67. The van der Waals surface area contributed by atoms with Crippen molar-refractivity contribution < 1.29 is 4.74 Å². The van der Waals surface area contributed by atoms with Gasteiger partial charge in [-0.2, -0.15) is 0 Å². The molecule has 0 unspecified atom stereocenters. The van der Waals surface area contributed by atoms with Crippen LogP contribution < -0.4 is 15.8 Å². The van der Waals surface area contributed by atoms with Crippen molar-refractivity contribution in [2.75, 3.05) is 11.9 Å². The summed E-state index contributed by atoms with van der Waals surface area (Å²) in [4.78, 5) is 4.37. The highest BCUT2D eigenvalue weighted by Gasteiger charge is 2.18. The minimum absolute atomic E-state index is 0.164. The van der Waals surface area contributed by atoms with Crippen LogP contribution in [0.15, 0.2) is 18.3 Å². The lowest BCUT2D eigenvalue weighted by Gasteiger charge is -2.26. The predicted octanol–water partition coefficient (Wildman–Crippen LogP) is 2.80. The summed E-state index contributed by atoms with van der Waals surface area (Å²) < 4.78 is 5.76. The molecule has 4 heteroatoms. The predicted molar refractivity (Wildman–Crippen MR) is 78.4 cm³/mol. The number of nitrogens with zero attached hydrogens (tertiary/aromatic N) is 1. The van der Waals surface area contributed by atoms with E-state index < -0.39 is 0 Å². The fourth-order valence-corrected chi connectivity index (χ4v) is 2.51. The lowest BCUT2D eigenvalue weighted by atomic mass is 9.86. The number of pyridine rings is 1. The zero-order chi connectivity index (χ0) is 13.7. The fraction of sp³-hybridized carbons (Fsp3) is 0.667. The summed E-state index contributed by atoms with van der Waals surface area (Å²) in [6.45, 7) is 5.01. The molecule has 1 fully saturated rings. The first kappa shape index (κ1) is 14.1. The van der Waals surface area contributed by atoms with E-state index in [0.29, 0.717) is 12.0 Å². The SMILES string of the molecule is CC(C)Oc1cccnc1NCC1CCC(N)CC1. The molecule has 19 heavy (non-hydrogen) atoms. The van der Waals surface area contributed by atoms with Gasteiger partial charge in [-0.15, -0.1) is 0 Å². The van der Waals surface area contributed by atoms with Gasteiger partial charge in [-0.25, -0.2) is 4.98 Å². The molecule has 1 heterocycles. The van der Waals surface area contributed by atoms with Gasteiger partial charge in [0.05, 0.1) is 6.10 Å². The van der Waals surface area contributed by atoms with Gasteiger partial charge in [0.15, 0.2) is 11.6 Å². The van der Waals surface area contributed by atoms with E-state index in [1.807, 2.05) is 26.0 Å². The number of anilines is 1. The van der Waals surface area contributed by atoms with Crippen molar-refractivity contribution in [1.29, 1.82) is 0 Å². The maximum atomic E-state index is 5.93. The Bertz CT molecular complexity index is 387. The van der Waals surface area contributed by atoms with E-state index >= 15 is 0 Å². The topological polar surface area (TPSA) is 60.2 Å². The molecule has 0 bridgehead atoms. The smallest absolute Gasteiger partial charge is 0.168 e. The van der Waals surface area contributed by atoms with E-state index in [2.05, 4.69) is 10.3 Å². The van der Waals surface area contributed by atoms with Crippen LogP contribution in [-0.2, 0) is 0 Å². The van der Waals surface area contributed by atoms with Crippen LogP contribution in [0.1, 0.15) is 39.5 Å². The molecule has 1 aromatic heterocycles. The maximum absolute atomic E-state index is 5.93. The van der Waals surface area contributed by atoms with Gasteiger partial charge in [0, 0.05) is 18.8 Å². The van der Waals surface area contributed by atoms with Crippen molar-refractivity contribution in [1.82, 2.24) is 4.98 Å². The third-order valence-electron chi connectivity index (χ3n) is 3.58. The Labute approximate surface area is 115 Å². The van der Waals surface area contributed by atoms with Crippen LogP contribution >= 0.6 is 0 Å². The van der Waals surface area contributed by atoms with Gasteiger partial charge < -0.3 is 15.8 Å². The molecule has 2 rings (SSSR count). The van der Waals surface area contributed by atoms with E-state index in [4.69, 9.17) is 10.5 Å². The van der Waals surface area contributed by atoms with E-state index in [1.54, 1.807) is 6.20 Å². The van der Waals surface area contributed by atoms with Crippen LogP contribution in [0.5, 0.6) is 5.75 Å². The number of hydrogen-bond donors (Lipinski definition) is 2. The van der Waals surface area contributed by atoms with Crippen molar-refractivity contribution in [2.45, 2.75) is 51.7 Å². The summed E-state index contributed by atoms with van der Waals surface area (Å²) in [7, 11) is 0. The molecule has 0 radical (unpaired) electrons. The average molecular weight is 263 g/mol. The molecule has 0 aromatic carbocycles. The number of nitrogens with two attached hydrogens (primary N) is 1. The van der Waals surface area contributed by atoms with Crippen molar-refractivity contribution in [3.05, 3.63) is 18.3 Å². The molecule has 0 saturated heterocycles. The third kappa shape index (κ3) is 4.39. The number of rotatable bonds is 5. The summed E-state index contributed by atoms with van der Waals surface area (Å²) in [6, 6.07) is 4.28. The van der Waals surface area contributed by atoms with Crippen LogP contribution in [0.4, 0.5) is 5.82 Å². The monoisotopic (exact) mass is 263 g/mol. The van der Waals surface area contributed by atoms with Gasteiger partial charge >= 0.3 is 0 Å². The van der Waals surface area contributed by atoms with E-state index in [1.165, 1.54) is 12.8 Å². The number of ether oxygens (including phenoxy) is 1. The molecule has 4 nitrogen and oxygen atoms in total. The van der Waals surface area contributed by atoms with Gasteiger partial charge in [-0.05, 0) is 57.6 Å². The Hall–Kier alpha value is -1.29. The number of aromatic nitrogens is 1. The van der Waals surface area contributed by atoms with Gasteiger partial charge in [0.25, 0.3) is 0 Å². The third-order valence-corrected chi connectivity index (χ3v) is 3.58. The normalized spacial score (nSPS) is 23.4. The summed E-state index contributed by atoms with van der Waals surface area (Å²) in [5, 5.41) is 3.43. The highest BCUT2D eigenvalue weighted by Crippen LogP contribution is 2.26. The van der Waals surface area contributed by atoms with E-state index in [9.17, 15) is 0 Å². The largest absolute Gasteiger partial charge is 0.487 e. The van der Waals surface area contributed by atoms with E-state index in [0.717, 1.165) is 31.0 Å². The molecule has 3 N–H and O–H groups in total. The minimum Gasteiger partial charge on any atom is -0.487 e. The molecule has 0 aliphatic heterocycles. The van der Waals surface area contributed by atoms with Crippen LogP contribution in [-0.4, -0.2) is 23.7 Å². The molecule has 1 aliphatic rings. The lowest BCUT2D eigenvalue weighted by molar-refractivity contribution is 0.242. The number of hydrogen-bond acceptors (Lipinski definition) is 4. The Morgan fingerprint density at radius 3 is 2.79 bits per heavy atom. The van der Waals surface area contributed by atoms with Gasteiger partial charge in [-0.1, -0.05) is 0 Å². The summed E-state index contributed by atoms with van der Waals surface area (Å²) in [5.41, 5.74) is 5.93. The van der Waals surface area contributed by atoms with Crippen LogP contribution in [0, 0.1) is 5.92 Å². The second kappa shape index (κ2) is 6.75.